The Morgan fingerprint density at radius 3 is 2.17 bits per heavy atom. The van der Waals surface area contributed by atoms with Crippen LogP contribution in [0.3, 0.4) is 0 Å². The lowest BCUT2D eigenvalue weighted by Crippen LogP contribution is -2.10. The van der Waals surface area contributed by atoms with Crippen LogP contribution in [0.2, 0.25) is 0 Å². The van der Waals surface area contributed by atoms with E-state index in [1.165, 1.54) is 0 Å². The van der Waals surface area contributed by atoms with Gasteiger partial charge in [0.15, 0.2) is 0 Å². The molecule has 0 N–H and O–H groups in total. The average Bonchev–Trinajstić information content (AvgIpc) is 3.40. The molecule has 2 aromatic rings. The predicted octanol–water partition coefficient (Wildman–Crippen LogP) is 2.62. The molecule has 0 aromatic heterocycles. The molecule has 1 aliphatic heterocycles. The van der Waals surface area contributed by atoms with Gasteiger partial charge in [0.1, 0.15) is 18.5 Å². The van der Waals surface area contributed by atoms with Gasteiger partial charge in [0, 0.05) is 0 Å². The maximum absolute atomic E-state index is 12.6. The summed E-state index contributed by atoms with van der Waals surface area (Å²) in [6.07, 6.45) is 0.247. The standard InChI is InChI=1S/C18H20O5S/c1-14-2-6-17(7-3-14)24(19,20)18-8-4-15(5-9-18)22-11-10-21-12-16-13-23-16/h2-9,16H,10-13H2,1H3. The van der Waals surface area contributed by atoms with Crippen molar-refractivity contribution < 1.29 is 22.6 Å². The van der Waals surface area contributed by atoms with Crippen molar-refractivity contribution in [2.75, 3.05) is 26.4 Å². The van der Waals surface area contributed by atoms with Gasteiger partial charge in [-0.25, -0.2) is 8.42 Å². The minimum Gasteiger partial charge on any atom is -0.491 e. The van der Waals surface area contributed by atoms with Crippen LogP contribution in [-0.4, -0.2) is 40.9 Å². The minimum atomic E-state index is -3.50. The van der Waals surface area contributed by atoms with Crippen LogP contribution in [0.1, 0.15) is 5.56 Å². The quantitative estimate of drug-likeness (QED) is 0.542. The van der Waals surface area contributed by atoms with E-state index >= 15 is 0 Å². The molecular formula is C18H20O5S. The monoisotopic (exact) mass is 348 g/mol. The average molecular weight is 348 g/mol. The second kappa shape index (κ2) is 7.34. The predicted molar refractivity (Wildman–Crippen MR) is 89.1 cm³/mol. The van der Waals surface area contributed by atoms with Crippen molar-refractivity contribution in [2.45, 2.75) is 22.8 Å². The highest BCUT2D eigenvalue weighted by Crippen LogP contribution is 2.23. The molecule has 1 fully saturated rings. The molecule has 0 saturated carbocycles. The molecule has 2 aromatic carbocycles. The number of hydrogen-bond acceptors (Lipinski definition) is 5. The summed E-state index contributed by atoms with van der Waals surface area (Å²) in [6, 6.07) is 13.3. The maximum atomic E-state index is 12.6. The molecule has 5 nitrogen and oxygen atoms in total. The van der Waals surface area contributed by atoms with E-state index in [9.17, 15) is 8.42 Å². The number of benzene rings is 2. The van der Waals surface area contributed by atoms with Crippen LogP contribution < -0.4 is 4.74 Å². The van der Waals surface area contributed by atoms with Crippen molar-refractivity contribution in [2.24, 2.45) is 0 Å². The summed E-state index contributed by atoms with van der Waals surface area (Å²) in [6.45, 7) is 4.18. The number of rotatable bonds is 8. The van der Waals surface area contributed by atoms with Gasteiger partial charge >= 0.3 is 0 Å². The van der Waals surface area contributed by atoms with Crippen molar-refractivity contribution in [1.29, 1.82) is 0 Å². The largest absolute Gasteiger partial charge is 0.491 e. The van der Waals surface area contributed by atoms with Crippen LogP contribution in [-0.2, 0) is 19.3 Å². The SMILES string of the molecule is Cc1ccc(S(=O)(=O)c2ccc(OCCOCC3CO3)cc2)cc1. The molecule has 0 spiro atoms. The normalized spacial score (nSPS) is 16.8. The summed E-state index contributed by atoms with van der Waals surface area (Å²) < 4.78 is 41.1. The van der Waals surface area contributed by atoms with Crippen LogP contribution in [0.25, 0.3) is 0 Å². The molecule has 0 bridgehead atoms. The van der Waals surface area contributed by atoms with Crippen molar-refractivity contribution in [1.82, 2.24) is 0 Å². The Hall–Kier alpha value is -1.89. The van der Waals surface area contributed by atoms with Crippen LogP contribution in [0, 0.1) is 6.92 Å². The van der Waals surface area contributed by atoms with Crippen molar-refractivity contribution in [3.8, 4) is 5.75 Å². The fraction of sp³-hybridized carbons (Fsp3) is 0.333. The Labute approximate surface area is 142 Å². The highest BCUT2D eigenvalue weighted by Gasteiger charge is 2.22. The Morgan fingerprint density at radius 1 is 1.00 bits per heavy atom. The van der Waals surface area contributed by atoms with Crippen LogP contribution in [0.15, 0.2) is 58.3 Å². The summed E-state index contributed by atoms with van der Waals surface area (Å²) in [4.78, 5) is 0.540. The third-order valence-corrected chi connectivity index (χ3v) is 5.45. The van der Waals surface area contributed by atoms with E-state index < -0.39 is 9.84 Å². The van der Waals surface area contributed by atoms with Crippen molar-refractivity contribution >= 4 is 9.84 Å². The molecule has 0 radical (unpaired) electrons. The molecular weight excluding hydrogens is 328 g/mol. The van der Waals surface area contributed by atoms with Gasteiger partial charge in [0.25, 0.3) is 0 Å². The van der Waals surface area contributed by atoms with E-state index in [2.05, 4.69) is 0 Å². The topological polar surface area (TPSA) is 65.1 Å². The van der Waals surface area contributed by atoms with Gasteiger partial charge in [-0.3, -0.25) is 0 Å². The molecule has 24 heavy (non-hydrogen) atoms. The molecule has 1 atom stereocenters. The van der Waals surface area contributed by atoms with Gasteiger partial charge in [-0.15, -0.1) is 0 Å². The summed E-state index contributed by atoms with van der Waals surface area (Å²) in [5, 5.41) is 0. The highest BCUT2D eigenvalue weighted by atomic mass is 32.2. The Balaban J connectivity index is 1.57. The first-order valence-corrected chi connectivity index (χ1v) is 9.28. The van der Waals surface area contributed by atoms with Crippen molar-refractivity contribution in [3.05, 3.63) is 54.1 Å². The Morgan fingerprint density at radius 2 is 1.58 bits per heavy atom. The first-order valence-electron chi connectivity index (χ1n) is 7.80. The molecule has 1 unspecified atom stereocenters. The second-order valence-electron chi connectivity index (χ2n) is 5.67. The van der Waals surface area contributed by atoms with Gasteiger partial charge in [0.2, 0.25) is 9.84 Å². The first kappa shape index (κ1) is 17.0. The summed E-state index contributed by atoms with van der Waals surface area (Å²) in [5.74, 6) is 0.615. The summed E-state index contributed by atoms with van der Waals surface area (Å²) in [5.41, 5.74) is 1.02. The van der Waals surface area contributed by atoms with Gasteiger partial charge in [-0.05, 0) is 43.3 Å². The minimum absolute atomic E-state index is 0.247. The zero-order valence-corrected chi connectivity index (χ0v) is 14.3. The lowest BCUT2D eigenvalue weighted by atomic mass is 10.2. The van der Waals surface area contributed by atoms with E-state index in [0.717, 1.165) is 12.2 Å². The summed E-state index contributed by atoms with van der Waals surface area (Å²) >= 11 is 0. The van der Waals surface area contributed by atoms with E-state index in [1.807, 2.05) is 6.92 Å². The Bertz CT molecular complexity index is 762. The fourth-order valence-corrected chi connectivity index (χ4v) is 3.43. The second-order valence-corrected chi connectivity index (χ2v) is 7.62. The fourth-order valence-electron chi connectivity index (χ4n) is 2.17. The number of ether oxygens (including phenoxy) is 3. The van der Waals surface area contributed by atoms with Crippen LogP contribution >= 0.6 is 0 Å². The van der Waals surface area contributed by atoms with Crippen molar-refractivity contribution in [3.63, 3.8) is 0 Å². The molecule has 6 heteroatoms. The van der Waals surface area contributed by atoms with E-state index in [4.69, 9.17) is 14.2 Å². The van der Waals surface area contributed by atoms with Crippen LogP contribution in [0.4, 0.5) is 0 Å². The highest BCUT2D eigenvalue weighted by molar-refractivity contribution is 7.91. The zero-order valence-electron chi connectivity index (χ0n) is 13.5. The lowest BCUT2D eigenvalue weighted by Gasteiger charge is -2.08. The van der Waals surface area contributed by atoms with Crippen LogP contribution in [0.5, 0.6) is 5.75 Å². The van der Waals surface area contributed by atoms with E-state index in [0.29, 0.717) is 25.6 Å². The van der Waals surface area contributed by atoms with Gasteiger partial charge in [-0.2, -0.15) is 0 Å². The third kappa shape index (κ3) is 4.35. The molecule has 0 amide bonds. The van der Waals surface area contributed by atoms with Gasteiger partial charge in [0.05, 0.1) is 29.6 Å². The van der Waals surface area contributed by atoms with Gasteiger partial charge in [-0.1, -0.05) is 17.7 Å². The number of aryl methyl sites for hydroxylation is 1. The number of hydrogen-bond donors (Lipinski definition) is 0. The lowest BCUT2D eigenvalue weighted by molar-refractivity contribution is 0.0878. The molecule has 1 saturated heterocycles. The molecule has 0 aliphatic carbocycles. The van der Waals surface area contributed by atoms with E-state index in [1.54, 1.807) is 48.5 Å². The van der Waals surface area contributed by atoms with E-state index in [-0.39, 0.29) is 15.9 Å². The third-order valence-electron chi connectivity index (χ3n) is 3.67. The summed E-state index contributed by atoms with van der Waals surface area (Å²) in [7, 11) is -3.50. The number of epoxide rings is 1. The zero-order chi connectivity index (χ0) is 17.0. The molecule has 1 heterocycles. The first-order chi connectivity index (χ1) is 11.6. The maximum Gasteiger partial charge on any atom is 0.206 e. The van der Waals surface area contributed by atoms with Gasteiger partial charge < -0.3 is 14.2 Å². The Kier molecular flexibility index (Phi) is 5.18. The molecule has 1 aliphatic rings. The molecule has 3 rings (SSSR count). The number of sulfone groups is 1. The molecule has 128 valence electrons. The smallest absolute Gasteiger partial charge is 0.206 e.